The Morgan fingerprint density at radius 1 is 0.833 bits per heavy atom. The van der Waals surface area contributed by atoms with Crippen molar-refractivity contribution in [3.8, 4) is 5.75 Å². The zero-order chi connectivity index (χ0) is 31.2. The van der Waals surface area contributed by atoms with Crippen LogP contribution in [0.3, 0.4) is 0 Å². The minimum atomic E-state index is -3.11. The summed E-state index contributed by atoms with van der Waals surface area (Å²) < 4.78 is 56.5. The number of nitrogens with one attached hydrogen (secondary N) is 1. The quantitative estimate of drug-likeness (QED) is 0.201. The molecule has 0 aliphatic carbocycles. The van der Waals surface area contributed by atoms with Crippen molar-refractivity contribution in [2.24, 2.45) is 10.2 Å². The highest BCUT2D eigenvalue weighted by Gasteiger charge is 2.09. The molecule has 0 atom stereocenters. The van der Waals surface area contributed by atoms with E-state index in [9.17, 15) is 4.79 Å². The van der Waals surface area contributed by atoms with Crippen LogP contribution in [0.15, 0.2) is 83.0 Å². The highest BCUT2D eigenvalue weighted by Crippen LogP contribution is 2.29. The zero-order valence-corrected chi connectivity index (χ0v) is 24.5. The number of carbonyl (C=O) groups excluding carboxylic acids is 1. The summed E-state index contributed by atoms with van der Waals surface area (Å²) in [5, 5.41) is 13.6. The fourth-order valence-electron chi connectivity index (χ4n) is 3.59. The molecule has 14 heteroatoms. The molecule has 0 bridgehead atoms. The molecule has 0 spiro atoms. The van der Waals surface area contributed by atoms with Crippen LogP contribution in [0, 0.1) is 13.8 Å². The third-order valence-corrected chi connectivity index (χ3v) is 5.55. The number of benzene rings is 4. The molecule has 0 aromatic heterocycles. The average Bonchev–Trinajstić information content (AvgIpc) is 2.92. The number of nitrogen functional groups attached to an aromatic ring is 1. The first kappa shape index (κ1) is 33.3. The Kier molecular flexibility index (Phi) is 12.9. The van der Waals surface area contributed by atoms with E-state index in [-0.39, 0.29) is 5.91 Å². The Hall–Kier alpha value is -4.95. The zero-order valence-electron chi connectivity index (χ0n) is 22.9. The van der Waals surface area contributed by atoms with Gasteiger partial charge in [0.2, 0.25) is 0 Å². The molecular formula is C28H28N4O8S2. The van der Waals surface area contributed by atoms with Crippen LogP contribution in [0.2, 0.25) is 0 Å². The van der Waals surface area contributed by atoms with Crippen molar-refractivity contribution in [3.63, 3.8) is 0 Å². The molecule has 0 unspecified atom stereocenters. The summed E-state index contributed by atoms with van der Waals surface area (Å²) >= 11 is 0. The van der Waals surface area contributed by atoms with Gasteiger partial charge in [-0.3, -0.25) is 4.79 Å². The summed E-state index contributed by atoms with van der Waals surface area (Å²) in [4.78, 5) is 12.8. The maximum atomic E-state index is 12.8. The number of hydrogen-bond donors (Lipinski definition) is 2. The lowest BCUT2D eigenvalue weighted by Crippen LogP contribution is -2.11. The van der Waals surface area contributed by atoms with Crippen molar-refractivity contribution in [2.45, 2.75) is 27.2 Å². The van der Waals surface area contributed by atoms with Crippen LogP contribution in [-0.4, -0.2) is 37.8 Å². The van der Waals surface area contributed by atoms with Gasteiger partial charge in [0, 0.05) is 22.3 Å². The first-order chi connectivity index (χ1) is 19.9. The number of nitrogens with zero attached hydrogens (tertiary/aromatic N) is 2. The summed E-state index contributed by atoms with van der Waals surface area (Å²) in [6.07, 6.45) is 0.950. The van der Waals surface area contributed by atoms with Crippen LogP contribution in [0.25, 0.3) is 10.8 Å². The molecule has 4 aromatic rings. The van der Waals surface area contributed by atoms with E-state index in [1.54, 1.807) is 24.3 Å². The summed E-state index contributed by atoms with van der Waals surface area (Å²) in [5.41, 5.74) is 11.3. The van der Waals surface area contributed by atoms with E-state index in [2.05, 4.69) is 22.5 Å². The van der Waals surface area contributed by atoms with Crippen LogP contribution in [0.1, 0.15) is 34.8 Å². The molecule has 0 fully saturated rings. The number of nitrogens with two attached hydrogens (primary N) is 1. The van der Waals surface area contributed by atoms with Gasteiger partial charge in [-0.15, -0.1) is 25.3 Å². The molecular weight excluding hydrogens is 584 g/mol. The molecule has 42 heavy (non-hydrogen) atoms. The number of hydrogen-bond acceptors (Lipinski definition) is 11. The summed E-state index contributed by atoms with van der Waals surface area (Å²) in [7, 11) is -6.22. The molecule has 3 N–H and O–H groups in total. The maximum absolute atomic E-state index is 12.8. The van der Waals surface area contributed by atoms with Gasteiger partial charge in [-0.05, 0) is 97.4 Å². The highest BCUT2D eigenvalue weighted by atomic mass is 32.2. The van der Waals surface area contributed by atoms with Gasteiger partial charge in [0.1, 0.15) is 5.75 Å². The molecule has 0 saturated carbocycles. The third kappa shape index (κ3) is 10.9. The lowest BCUT2D eigenvalue weighted by molar-refractivity contribution is 0.102. The Labute approximate surface area is 245 Å². The Bertz CT molecular complexity index is 1770. The molecule has 0 saturated heterocycles. The monoisotopic (exact) mass is 612 g/mol. The molecule has 1 amide bonds. The SMILES string of the molecule is CCCOc1cccc2cc(NC(=O)c3ccc(N=Nc4cc(C)c(N)cc4C)cc3)ccc12.O=S(=O)=O.O=S(=O)=O. The summed E-state index contributed by atoms with van der Waals surface area (Å²) in [6.45, 7) is 6.64. The molecule has 0 heterocycles. The fourth-order valence-corrected chi connectivity index (χ4v) is 3.59. The van der Waals surface area contributed by atoms with Crippen LogP contribution in [0.5, 0.6) is 5.75 Å². The minimum absolute atomic E-state index is 0.189. The molecule has 0 radical (unpaired) electrons. The van der Waals surface area contributed by atoms with Gasteiger partial charge in [-0.25, -0.2) is 0 Å². The Morgan fingerprint density at radius 2 is 1.48 bits per heavy atom. The first-order valence-electron chi connectivity index (χ1n) is 12.3. The third-order valence-electron chi connectivity index (χ3n) is 5.55. The van der Waals surface area contributed by atoms with Crippen molar-refractivity contribution in [2.75, 3.05) is 17.7 Å². The number of azo groups is 1. The van der Waals surface area contributed by atoms with E-state index in [4.69, 9.17) is 35.7 Å². The lowest BCUT2D eigenvalue weighted by atomic mass is 10.1. The second kappa shape index (κ2) is 16.3. The fraction of sp³-hybridized carbons (Fsp3) is 0.179. The van der Waals surface area contributed by atoms with Gasteiger partial charge in [0.15, 0.2) is 0 Å². The normalized spacial score (nSPS) is 10.2. The van der Waals surface area contributed by atoms with Gasteiger partial charge in [-0.2, -0.15) is 10.2 Å². The topological polar surface area (TPSA) is 191 Å². The number of anilines is 2. The molecule has 220 valence electrons. The lowest BCUT2D eigenvalue weighted by Gasteiger charge is -2.10. The predicted octanol–water partition coefficient (Wildman–Crippen LogP) is 5.49. The second-order valence-electron chi connectivity index (χ2n) is 8.65. The van der Waals surface area contributed by atoms with Crippen molar-refractivity contribution in [3.05, 3.63) is 89.5 Å². The minimum Gasteiger partial charge on any atom is -0.493 e. The molecule has 0 aliphatic heterocycles. The van der Waals surface area contributed by atoms with E-state index >= 15 is 0 Å². The van der Waals surface area contributed by atoms with E-state index in [1.807, 2.05) is 62.4 Å². The first-order valence-corrected chi connectivity index (χ1v) is 14.3. The van der Waals surface area contributed by atoms with E-state index in [1.165, 1.54) is 0 Å². The van der Waals surface area contributed by atoms with E-state index in [0.717, 1.165) is 51.1 Å². The van der Waals surface area contributed by atoms with Crippen molar-refractivity contribution < 1.29 is 34.8 Å². The van der Waals surface area contributed by atoms with Gasteiger partial charge >= 0.3 is 21.2 Å². The molecule has 4 rings (SSSR count). The van der Waals surface area contributed by atoms with Crippen LogP contribution < -0.4 is 15.8 Å². The van der Waals surface area contributed by atoms with Crippen molar-refractivity contribution in [1.82, 2.24) is 0 Å². The molecule has 12 nitrogen and oxygen atoms in total. The van der Waals surface area contributed by atoms with Crippen molar-refractivity contribution >= 4 is 60.6 Å². The summed E-state index contributed by atoms with van der Waals surface area (Å²) in [6, 6.07) is 22.6. The second-order valence-corrected chi connectivity index (χ2v) is 9.46. The standard InChI is InChI=1S/C28H28N4O2.2O3S/c1-4-14-34-27-7-5-6-21-17-23(12-13-24(21)27)30-28(33)20-8-10-22(11-9-20)31-32-26-16-18(2)25(29)15-19(26)3;2*1-4(2)3/h5-13,15-17H,4,14,29H2,1-3H3,(H,30,33);;. The molecule has 4 aromatic carbocycles. The van der Waals surface area contributed by atoms with Gasteiger partial charge in [0.25, 0.3) is 5.91 Å². The largest absolute Gasteiger partial charge is 0.493 e. The predicted molar refractivity (Wildman–Crippen MR) is 158 cm³/mol. The Morgan fingerprint density at radius 3 is 2.10 bits per heavy atom. The van der Waals surface area contributed by atoms with E-state index in [0.29, 0.717) is 17.9 Å². The van der Waals surface area contributed by atoms with Crippen LogP contribution >= 0.6 is 0 Å². The number of amides is 1. The van der Waals surface area contributed by atoms with Crippen LogP contribution in [0.4, 0.5) is 22.7 Å². The smallest absolute Gasteiger partial charge is 0.425 e. The van der Waals surface area contributed by atoms with Gasteiger partial charge in [-0.1, -0.05) is 19.1 Å². The number of carbonyl (C=O) groups is 1. The number of ether oxygens (including phenoxy) is 1. The summed E-state index contributed by atoms with van der Waals surface area (Å²) in [5.74, 6) is 0.664. The average molecular weight is 613 g/mol. The van der Waals surface area contributed by atoms with Crippen LogP contribution in [-0.2, 0) is 21.2 Å². The number of fused-ring (bicyclic) bond motifs is 1. The maximum Gasteiger partial charge on any atom is 0.425 e. The van der Waals surface area contributed by atoms with E-state index < -0.39 is 21.2 Å². The van der Waals surface area contributed by atoms with Gasteiger partial charge in [0.05, 0.1) is 18.0 Å². The number of rotatable bonds is 7. The molecule has 0 aliphatic rings. The van der Waals surface area contributed by atoms with Crippen molar-refractivity contribution in [1.29, 1.82) is 0 Å². The number of aryl methyl sites for hydroxylation is 2. The van der Waals surface area contributed by atoms with Gasteiger partial charge < -0.3 is 15.8 Å². The highest BCUT2D eigenvalue weighted by molar-refractivity contribution is 7.59. The Balaban J connectivity index is 0.000000686.